The average Bonchev–Trinajstić information content (AvgIpc) is 3.49. The van der Waals surface area contributed by atoms with Crippen LogP contribution >= 0.6 is 0 Å². The molecule has 0 N–H and O–H groups in total. The number of rotatable bonds is 4. The minimum atomic E-state index is -0.359. The van der Waals surface area contributed by atoms with E-state index in [0.29, 0.717) is 11.4 Å². The van der Waals surface area contributed by atoms with Crippen LogP contribution in [0.4, 0.5) is 10.1 Å². The fourth-order valence-corrected chi connectivity index (χ4v) is 3.44. The number of anilines is 1. The molecule has 0 saturated heterocycles. The molecule has 136 valence electrons. The van der Waals surface area contributed by atoms with Crippen LogP contribution in [0, 0.1) is 5.82 Å². The number of aliphatic imine (C=N–C) groups is 2. The summed E-state index contributed by atoms with van der Waals surface area (Å²) < 4.78 is 21.1. The molecule has 2 aliphatic rings. The van der Waals surface area contributed by atoms with Crippen molar-refractivity contribution in [1.82, 2.24) is 9.55 Å². The summed E-state index contributed by atoms with van der Waals surface area (Å²) in [6, 6.07) is 12.5. The number of nitrogens with zero attached hydrogens (tertiary/aromatic N) is 5. The zero-order chi connectivity index (χ0) is 18.4. The summed E-state index contributed by atoms with van der Waals surface area (Å²) in [5.41, 5.74) is 2.46. The highest BCUT2D eigenvalue weighted by Gasteiger charge is 2.34. The third-order valence-corrected chi connectivity index (χ3v) is 4.93. The first-order valence-corrected chi connectivity index (χ1v) is 8.89. The Balaban J connectivity index is 1.64. The van der Waals surface area contributed by atoms with Crippen LogP contribution in [-0.2, 0) is 0 Å². The molecule has 2 heterocycles. The molecule has 2 aromatic carbocycles. The molecule has 1 aliphatic carbocycles. The lowest BCUT2D eigenvalue weighted by atomic mass is 10.2. The van der Waals surface area contributed by atoms with Crippen molar-refractivity contribution in [2.45, 2.75) is 25.0 Å². The summed E-state index contributed by atoms with van der Waals surface area (Å²) in [5, 5.41) is 0. The fraction of sp³-hybridized carbons (Fsp3) is 0.250. The largest absolute Gasteiger partial charge is 0.497 e. The number of hydrogen-bond donors (Lipinski definition) is 0. The van der Waals surface area contributed by atoms with Gasteiger partial charge in [-0.3, -0.25) is 9.47 Å². The van der Waals surface area contributed by atoms with Gasteiger partial charge in [0.05, 0.1) is 24.5 Å². The minimum absolute atomic E-state index is 0.282. The smallest absolute Gasteiger partial charge is 0.210 e. The van der Waals surface area contributed by atoms with Crippen molar-refractivity contribution >= 4 is 29.4 Å². The van der Waals surface area contributed by atoms with Crippen LogP contribution in [0.5, 0.6) is 5.75 Å². The molecule has 5 rings (SSSR count). The molecular weight excluding hydrogens is 345 g/mol. The number of hydrogen-bond acceptors (Lipinski definition) is 5. The molecule has 0 spiro atoms. The van der Waals surface area contributed by atoms with Crippen LogP contribution in [-0.4, -0.2) is 29.3 Å². The number of ether oxygens (including phenoxy) is 1. The molecular formula is C20H18FN5O. The highest BCUT2D eigenvalue weighted by Crippen LogP contribution is 2.43. The van der Waals surface area contributed by atoms with Gasteiger partial charge >= 0.3 is 0 Å². The Bertz CT molecular complexity index is 1050. The molecule has 1 saturated carbocycles. The number of methoxy groups -OCH3 is 1. The second-order valence-corrected chi connectivity index (χ2v) is 6.73. The molecule has 0 bridgehead atoms. The van der Waals surface area contributed by atoms with Gasteiger partial charge in [-0.15, -0.1) is 0 Å². The van der Waals surface area contributed by atoms with E-state index in [9.17, 15) is 4.39 Å². The van der Waals surface area contributed by atoms with Crippen molar-refractivity contribution in [3.63, 3.8) is 0 Å². The van der Waals surface area contributed by atoms with Crippen molar-refractivity contribution in [2.75, 3.05) is 12.0 Å². The van der Waals surface area contributed by atoms with E-state index in [1.165, 1.54) is 12.1 Å². The second-order valence-electron chi connectivity index (χ2n) is 6.73. The van der Waals surface area contributed by atoms with E-state index >= 15 is 0 Å². The summed E-state index contributed by atoms with van der Waals surface area (Å²) in [6.45, 7) is 0. The summed E-state index contributed by atoms with van der Waals surface area (Å²) in [7, 11) is 1.64. The Morgan fingerprint density at radius 1 is 1.11 bits per heavy atom. The standard InChI is InChI=1S/C20H18FN5O/c1-27-16-7-5-15(6-8-16)25-12-22-11-23-20(25)26-18-9-4-14(21)10-17(18)24-19(26)13-2-3-13/h4-13,20H,2-3H2,1H3. The molecule has 1 aromatic heterocycles. The van der Waals surface area contributed by atoms with Crippen LogP contribution in [0.15, 0.2) is 52.4 Å². The van der Waals surface area contributed by atoms with Gasteiger partial charge in [0.25, 0.3) is 0 Å². The lowest BCUT2D eigenvalue weighted by Gasteiger charge is -2.31. The van der Waals surface area contributed by atoms with Crippen molar-refractivity contribution in [3.05, 3.63) is 54.1 Å². The van der Waals surface area contributed by atoms with Gasteiger partial charge in [-0.05, 0) is 49.2 Å². The van der Waals surface area contributed by atoms with Gasteiger partial charge in [-0.1, -0.05) is 0 Å². The van der Waals surface area contributed by atoms with Crippen LogP contribution < -0.4 is 9.64 Å². The SMILES string of the molecule is COc1ccc(N2C=NC=NC2n2c(C3CC3)nc3cc(F)ccc32)cc1. The minimum Gasteiger partial charge on any atom is -0.497 e. The highest BCUT2D eigenvalue weighted by atomic mass is 19.1. The zero-order valence-electron chi connectivity index (χ0n) is 14.8. The van der Waals surface area contributed by atoms with Crippen LogP contribution in [0.3, 0.4) is 0 Å². The Morgan fingerprint density at radius 3 is 2.67 bits per heavy atom. The van der Waals surface area contributed by atoms with Gasteiger partial charge in [0.1, 0.15) is 23.7 Å². The predicted molar refractivity (Wildman–Crippen MR) is 103 cm³/mol. The molecule has 6 nitrogen and oxygen atoms in total. The van der Waals surface area contributed by atoms with Crippen LogP contribution in [0.25, 0.3) is 11.0 Å². The Hall–Kier alpha value is -3.22. The first kappa shape index (κ1) is 16.0. The highest BCUT2D eigenvalue weighted by molar-refractivity contribution is 5.88. The maximum absolute atomic E-state index is 13.7. The van der Waals surface area contributed by atoms with Crippen molar-refractivity contribution < 1.29 is 9.13 Å². The maximum Gasteiger partial charge on any atom is 0.210 e. The zero-order valence-corrected chi connectivity index (χ0v) is 14.8. The van der Waals surface area contributed by atoms with Gasteiger partial charge in [-0.2, -0.15) is 0 Å². The molecule has 0 amide bonds. The van der Waals surface area contributed by atoms with Gasteiger partial charge in [0.15, 0.2) is 0 Å². The second kappa shape index (κ2) is 6.19. The average molecular weight is 363 g/mol. The van der Waals surface area contributed by atoms with E-state index < -0.39 is 0 Å². The first-order valence-electron chi connectivity index (χ1n) is 8.89. The van der Waals surface area contributed by atoms with E-state index in [-0.39, 0.29) is 12.1 Å². The van der Waals surface area contributed by atoms with E-state index in [1.807, 2.05) is 29.2 Å². The number of benzene rings is 2. The number of halogens is 1. The van der Waals surface area contributed by atoms with E-state index in [4.69, 9.17) is 9.72 Å². The van der Waals surface area contributed by atoms with Crippen molar-refractivity contribution in [1.29, 1.82) is 0 Å². The van der Waals surface area contributed by atoms with Gasteiger partial charge in [0.2, 0.25) is 6.29 Å². The van der Waals surface area contributed by atoms with Gasteiger partial charge in [0, 0.05) is 17.7 Å². The third kappa shape index (κ3) is 2.75. The fourth-order valence-electron chi connectivity index (χ4n) is 3.44. The van der Waals surface area contributed by atoms with E-state index in [2.05, 4.69) is 14.6 Å². The molecule has 27 heavy (non-hydrogen) atoms. The summed E-state index contributed by atoms with van der Waals surface area (Å²) in [4.78, 5) is 15.5. The Morgan fingerprint density at radius 2 is 1.93 bits per heavy atom. The predicted octanol–water partition coefficient (Wildman–Crippen LogP) is 4.09. The quantitative estimate of drug-likeness (QED) is 0.701. The number of fused-ring (bicyclic) bond motifs is 1. The summed E-state index contributed by atoms with van der Waals surface area (Å²) in [6.07, 6.45) is 5.14. The maximum atomic E-state index is 13.7. The number of aromatic nitrogens is 2. The number of imidazole rings is 1. The lowest BCUT2D eigenvalue weighted by molar-refractivity contribution is 0.414. The summed E-state index contributed by atoms with van der Waals surface area (Å²) >= 11 is 0. The van der Waals surface area contributed by atoms with Crippen molar-refractivity contribution in [2.24, 2.45) is 9.98 Å². The monoisotopic (exact) mass is 363 g/mol. The van der Waals surface area contributed by atoms with Gasteiger partial charge in [-0.25, -0.2) is 19.4 Å². The van der Waals surface area contributed by atoms with E-state index in [1.54, 1.807) is 25.9 Å². The summed E-state index contributed by atoms with van der Waals surface area (Å²) in [5.74, 6) is 1.85. The lowest BCUT2D eigenvalue weighted by Crippen LogP contribution is -2.33. The van der Waals surface area contributed by atoms with Crippen molar-refractivity contribution in [3.8, 4) is 5.75 Å². The first-order chi connectivity index (χ1) is 13.2. The molecule has 1 atom stereocenters. The Kier molecular flexibility index (Phi) is 3.67. The topological polar surface area (TPSA) is 55.0 Å². The van der Waals surface area contributed by atoms with Crippen LogP contribution in [0.2, 0.25) is 0 Å². The molecule has 1 aliphatic heterocycles. The third-order valence-electron chi connectivity index (χ3n) is 4.93. The van der Waals surface area contributed by atoms with Gasteiger partial charge < -0.3 is 4.74 Å². The molecule has 3 aromatic rings. The normalized spacial score (nSPS) is 19.0. The van der Waals surface area contributed by atoms with E-state index in [0.717, 1.165) is 35.6 Å². The molecule has 1 unspecified atom stereocenters. The Labute approximate surface area is 155 Å². The molecule has 0 radical (unpaired) electrons. The van der Waals surface area contributed by atoms with Crippen LogP contribution in [0.1, 0.15) is 30.9 Å². The molecule has 7 heteroatoms. The molecule has 1 fully saturated rings.